The highest BCUT2D eigenvalue weighted by atomic mass is 19.1. The Morgan fingerprint density at radius 1 is 1.45 bits per heavy atom. The number of halogens is 2. The number of nitrogens with zero attached hydrogens (tertiary/aromatic N) is 1. The monoisotopic (exact) mass is 285 g/mol. The van der Waals surface area contributed by atoms with Crippen molar-refractivity contribution in [2.45, 2.75) is 26.0 Å². The van der Waals surface area contributed by atoms with Crippen molar-refractivity contribution in [1.29, 1.82) is 0 Å². The van der Waals surface area contributed by atoms with Crippen LogP contribution in [0.15, 0.2) is 12.1 Å². The molecule has 1 aliphatic rings. The molecule has 0 bridgehead atoms. The molecule has 0 amide bonds. The summed E-state index contributed by atoms with van der Waals surface area (Å²) in [5, 5.41) is 8.96. The van der Waals surface area contributed by atoms with Crippen LogP contribution < -0.4 is 0 Å². The van der Waals surface area contributed by atoms with E-state index in [1.807, 2.05) is 0 Å². The quantitative estimate of drug-likeness (QED) is 0.924. The molecule has 0 aromatic heterocycles. The minimum atomic E-state index is -1.04. The van der Waals surface area contributed by atoms with Gasteiger partial charge in [-0.3, -0.25) is 4.90 Å². The normalized spacial score (nSPS) is 21.7. The number of aryl methyl sites for hydroxylation is 1. The van der Waals surface area contributed by atoms with E-state index < -0.39 is 29.7 Å². The highest BCUT2D eigenvalue weighted by molar-refractivity contribution is 5.72. The number of aliphatic carboxylic acids is 1. The molecule has 2 rings (SSSR count). The molecule has 0 saturated carbocycles. The van der Waals surface area contributed by atoms with Crippen LogP contribution in [0.2, 0.25) is 0 Å². The molecular formula is C14H17F2NO3. The summed E-state index contributed by atoms with van der Waals surface area (Å²) < 4.78 is 32.7. The Hall–Kier alpha value is -1.53. The maximum Gasteiger partial charge on any atom is 0.334 e. The van der Waals surface area contributed by atoms with Gasteiger partial charge in [-0.15, -0.1) is 0 Å². The third kappa shape index (κ3) is 2.96. The fourth-order valence-electron chi connectivity index (χ4n) is 2.35. The van der Waals surface area contributed by atoms with E-state index in [1.165, 1.54) is 13.0 Å². The molecule has 20 heavy (non-hydrogen) atoms. The average molecular weight is 285 g/mol. The molecule has 1 aliphatic heterocycles. The summed E-state index contributed by atoms with van der Waals surface area (Å²) >= 11 is 0. The van der Waals surface area contributed by atoms with Crippen LogP contribution in [0.3, 0.4) is 0 Å². The Morgan fingerprint density at radius 2 is 2.15 bits per heavy atom. The third-order valence-corrected chi connectivity index (χ3v) is 3.65. The van der Waals surface area contributed by atoms with Gasteiger partial charge in [0.25, 0.3) is 0 Å². The highest BCUT2D eigenvalue weighted by Crippen LogP contribution is 2.26. The van der Waals surface area contributed by atoms with Gasteiger partial charge >= 0.3 is 5.97 Å². The van der Waals surface area contributed by atoms with Crippen molar-refractivity contribution >= 4 is 5.97 Å². The van der Waals surface area contributed by atoms with Gasteiger partial charge in [0.15, 0.2) is 6.10 Å². The second kappa shape index (κ2) is 5.85. The molecule has 1 aromatic rings. The van der Waals surface area contributed by atoms with Crippen molar-refractivity contribution in [3.8, 4) is 0 Å². The first-order valence-corrected chi connectivity index (χ1v) is 6.44. The Labute approximate surface area is 116 Å². The molecule has 1 aromatic carbocycles. The van der Waals surface area contributed by atoms with E-state index in [4.69, 9.17) is 9.84 Å². The van der Waals surface area contributed by atoms with Gasteiger partial charge in [0, 0.05) is 24.7 Å². The van der Waals surface area contributed by atoms with E-state index in [2.05, 4.69) is 0 Å². The summed E-state index contributed by atoms with van der Waals surface area (Å²) in [6, 6.07) is 1.94. The Kier molecular flexibility index (Phi) is 4.35. The summed E-state index contributed by atoms with van der Waals surface area (Å²) in [6.45, 7) is 4.14. The first-order valence-electron chi connectivity index (χ1n) is 6.44. The lowest BCUT2D eigenvalue weighted by Crippen LogP contribution is -2.47. The molecule has 6 heteroatoms. The molecule has 110 valence electrons. The maximum atomic E-state index is 14.0. The van der Waals surface area contributed by atoms with Gasteiger partial charge in [-0.25, -0.2) is 13.6 Å². The van der Waals surface area contributed by atoms with E-state index in [0.717, 1.165) is 6.07 Å². The van der Waals surface area contributed by atoms with E-state index >= 15 is 0 Å². The van der Waals surface area contributed by atoms with Crippen molar-refractivity contribution in [3.63, 3.8) is 0 Å². The standard InChI is InChI=1S/C14H17F2NO3/c1-8-5-12(16)10(6-11(8)15)9(2)17-3-4-20-13(7-17)14(18)19/h5-6,9,13H,3-4,7H2,1-2H3,(H,18,19). The van der Waals surface area contributed by atoms with Crippen LogP contribution in [0.1, 0.15) is 24.1 Å². The first-order chi connectivity index (χ1) is 9.40. The third-order valence-electron chi connectivity index (χ3n) is 3.65. The lowest BCUT2D eigenvalue weighted by atomic mass is 10.0. The smallest absolute Gasteiger partial charge is 0.334 e. The molecule has 2 atom stereocenters. The summed E-state index contributed by atoms with van der Waals surface area (Å²) in [4.78, 5) is 12.7. The minimum absolute atomic E-state index is 0.158. The van der Waals surface area contributed by atoms with E-state index in [0.29, 0.717) is 6.54 Å². The van der Waals surface area contributed by atoms with Gasteiger partial charge in [0.1, 0.15) is 11.6 Å². The number of hydrogen-bond acceptors (Lipinski definition) is 3. The van der Waals surface area contributed by atoms with Gasteiger partial charge in [0.2, 0.25) is 0 Å². The first kappa shape index (κ1) is 14.9. The van der Waals surface area contributed by atoms with Gasteiger partial charge in [-0.2, -0.15) is 0 Å². The SMILES string of the molecule is Cc1cc(F)c(C(C)N2CCOC(C(=O)O)C2)cc1F. The van der Waals surface area contributed by atoms with Crippen LogP contribution in [0.25, 0.3) is 0 Å². The van der Waals surface area contributed by atoms with E-state index in [-0.39, 0.29) is 24.3 Å². The Balaban J connectivity index is 2.20. The molecule has 0 spiro atoms. The lowest BCUT2D eigenvalue weighted by molar-refractivity contribution is -0.157. The molecular weight excluding hydrogens is 268 g/mol. The van der Waals surface area contributed by atoms with E-state index in [1.54, 1.807) is 11.8 Å². The van der Waals surface area contributed by atoms with E-state index in [9.17, 15) is 13.6 Å². The molecule has 1 N–H and O–H groups in total. The topological polar surface area (TPSA) is 49.8 Å². The van der Waals surface area contributed by atoms with Gasteiger partial charge < -0.3 is 9.84 Å². The van der Waals surface area contributed by atoms with Crippen molar-refractivity contribution in [2.75, 3.05) is 19.7 Å². The predicted molar refractivity (Wildman–Crippen MR) is 68.5 cm³/mol. The fourth-order valence-corrected chi connectivity index (χ4v) is 2.35. The molecule has 0 aliphatic carbocycles. The number of rotatable bonds is 3. The molecule has 0 radical (unpaired) electrons. The lowest BCUT2D eigenvalue weighted by Gasteiger charge is -2.35. The number of ether oxygens (including phenoxy) is 1. The van der Waals surface area contributed by atoms with Crippen molar-refractivity contribution in [3.05, 3.63) is 34.9 Å². The molecule has 4 nitrogen and oxygen atoms in total. The second-order valence-electron chi connectivity index (χ2n) is 4.99. The molecule has 1 fully saturated rings. The predicted octanol–water partition coefficient (Wildman–Crippen LogP) is 2.12. The van der Waals surface area contributed by atoms with Crippen LogP contribution in [-0.4, -0.2) is 41.8 Å². The number of carbonyl (C=O) groups is 1. The summed E-state index contributed by atoms with van der Waals surface area (Å²) in [7, 11) is 0. The van der Waals surface area contributed by atoms with Crippen molar-refractivity contribution in [1.82, 2.24) is 4.90 Å². The van der Waals surface area contributed by atoms with Crippen molar-refractivity contribution in [2.24, 2.45) is 0 Å². The van der Waals surface area contributed by atoms with Crippen molar-refractivity contribution < 1.29 is 23.4 Å². The number of carboxylic acids is 1. The fraction of sp³-hybridized carbons (Fsp3) is 0.500. The number of carboxylic acid groups (broad SMARTS) is 1. The average Bonchev–Trinajstić information content (AvgIpc) is 2.42. The van der Waals surface area contributed by atoms with Gasteiger partial charge in [-0.05, 0) is 31.5 Å². The van der Waals surface area contributed by atoms with Gasteiger partial charge in [-0.1, -0.05) is 0 Å². The maximum absolute atomic E-state index is 14.0. The van der Waals surface area contributed by atoms with Crippen LogP contribution in [0.4, 0.5) is 8.78 Å². The number of hydrogen-bond donors (Lipinski definition) is 1. The molecule has 1 heterocycles. The Bertz CT molecular complexity index is 521. The molecule has 2 unspecified atom stereocenters. The largest absolute Gasteiger partial charge is 0.479 e. The zero-order valence-corrected chi connectivity index (χ0v) is 11.4. The summed E-state index contributed by atoms with van der Waals surface area (Å²) in [5.41, 5.74) is 0.489. The summed E-state index contributed by atoms with van der Waals surface area (Å²) in [5.74, 6) is -1.98. The molecule has 1 saturated heterocycles. The zero-order chi connectivity index (χ0) is 14.9. The van der Waals surface area contributed by atoms with Crippen LogP contribution >= 0.6 is 0 Å². The van der Waals surface area contributed by atoms with Gasteiger partial charge in [0.05, 0.1) is 6.61 Å². The van der Waals surface area contributed by atoms with Crippen LogP contribution in [0, 0.1) is 18.6 Å². The second-order valence-corrected chi connectivity index (χ2v) is 4.99. The van der Waals surface area contributed by atoms with Crippen LogP contribution in [-0.2, 0) is 9.53 Å². The Morgan fingerprint density at radius 3 is 2.80 bits per heavy atom. The minimum Gasteiger partial charge on any atom is -0.479 e. The number of morpholine rings is 1. The summed E-state index contributed by atoms with van der Waals surface area (Å²) in [6.07, 6.45) is -0.926. The van der Waals surface area contributed by atoms with Crippen LogP contribution in [0.5, 0.6) is 0 Å². The zero-order valence-electron chi connectivity index (χ0n) is 11.4. The highest BCUT2D eigenvalue weighted by Gasteiger charge is 2.30. The number of benzene rings is 1.